The average molecular weight is 323 g/mol. The van der Waals surface area contributed by atoms with Gasteiger partial charge in [0.1, 0.15) is 5.82 Å². The summed E-state index contributed by atoms with van der Waals surface area (Å²) in [7, 11) is 0. The van der Waals surface area contributed by atoms with Gasteiger partial charge < -0.3 is 11.1 Å². The number of benzene rings is 2. The highest BCUT2D eigenvalue weighted by atomic mass is 79.9. The van der Waals surface area contributed by atoms with E-state index in [2.05, 4.69) is 21.2 Å². The van der Waals surface area contributed by atoms with Gasteiger partial charge in [0.15, 0.2) is 0 Å². The monoisotopic (exact) mass is 322 g/mol. The quantitative estimate of drug-likeness (QED) is 0.892. The molecule has 2 aromatic rings. The summed E-state index contributed by atoms with van der Waals surface area (Å²) in [6.07, 6.45) is 0. The van der Waals surface area contributed by atoms with Gasteiger partial charge in [-0.25, -0.2) is 4.39 Å². The van der Waals surface area contributed by atoms with Crippen LogP contribution in [0.2, 0.25) is 0 Å². The van der Waals surface area contributed by atoms with E-state index in [0.29, 0.717) is 11.0 Å². The second-order valence-electron chi connectivity index (χ2n) is 4.42. The van der Waals surface area contributed by atoms with Crippen LogP contribution in [0.3, 0.4) is 0 Å². The molecule has 2 rings (SSSR count). The maximum atomic E-state index is 13.6. The number of aryl methyl sites for hydroxylation is 1. The van der Waals surface area contributed by atoms with E-state index in [0.717, 1.165) is 16.8 Å². The Bertz CT molecular complexity index is 572. The molecule has 100 valence electrons. The maximum absolute atomic E-state index is 13.6. The van der Waals surface area contributed by atoms with Gasteiger partial charge in [-0.1, -0.05) is 24.3 Å². The van der Waals surface area contributed by atoms with Gasteiger partial charge in [0, 0.05) is 12.2 Å². The lowest BCUT2D eigenvalue weighted by Gasteiger charge is -2.20. The normalized spacial score (nSPS) is 12.2. The van der Waals surface area contributed by atoms with E-state index in [1.807, 2.05) is 37.3 Å². The molecule has 0 radical (unpaired) electrons. The Morgan fingerprint density at radius 3 is 2.63 bits per heavy atom. The molecule has 0 aliphatic rings. The zero-order valence-corrected chi connectivity index (χ0v) is 12.2. The second kappa shape index (κ2) is 6.17. The van der Waals surface area contributed by atoms with Crippen molar-refractivity contribution in [2.75, 3.05) is 11.9 Å². The zero-order chi connectivity index (χ0) is 13.8. The Balaban J connectivity index is 2.25. The average Bonchev–Trinajstić information content (AvgIpc) is 2.41. The topological polar surface area (TPSA) is 38.0 Å². The first kappa shape index (κ1) is 14.0. The van der Waals surface area contributed by atoms with Crippen LogP contribution in [0.5, 0.6) is 0 Å². The molecule has 0 aliphatic heterocycles. The van der Waals surface area contributed by atoms with Crippen molar-refractivity contribution in [3.05, 3.63) is 63.9 Å². The van der Waals surface area contributed by atoms with Gasteiger partial charge in [0.05, 0.1) is 10.5 Å². The van der Waals surface area contributed by atoms with Crippen molar-refractivity contribution in [1.82, 2.24) is 0 Å². The van der Waals surface area contributed by atoms with Crippen molar-refractivity contribution >= 4 is 21.6 Å². The molecule has 0 saturated carbocycles. The van der Waals surface area contributed by atoms with Crippen molar-refractivity contribution in [2.24, 2.45) is 5.73 Å². The van der Waals surface area contributed by atoms with Gasteiger partial charge in [-0.3, -0.25) is 0 Å². The molecule has 0 bridgehead atoms. The molecule has 0 heterocycles. The molecule has 3 N–H and O–H groups in total. The number of anilines is 1. The number of nitrogens with one attached hydrogen (secondary N) is 1. The van der Waals surface area contributed by atoms with Crippen molar-refractivity contribution in [3.8, 4) is 0 Å². The first-order chi connectivity index (χ1) is 9.11. The van der Waals surface area contributed by atoms with E-state index in [1.54, 1.807) is 6.07 Å². The molecule has 0 saturated heterocycles. The minimum absolute atomic E-state index is 0.108. The molecule has 0 amide bonds. The van der Waals surface area contributed by atoms with E-state index in [4.69, 9.17) is 5.73 Å². The lowest BCUT2D eigenvalue weighted by molar-refractivity contribution is 0.615. The van der Waals surface area contributed by atoms with E-state index in [-0.39, 0.29) is 11.9 Å². The summed E-state index contributed by atoms with van der Waals surface area (Å²) in [4.78, 5) is 0. The van der Waals surface area contributed by atoms with Crippen LogP contribution in [0.4, 0.5) is 10.1 Å². The number of rotatable bonds is 4. The third-order valence-corrected chi connectivity index (χ3v) is 3.70. The Kier molecular flexibility index (Phi) is 4.56. The highest BCUT2D eigenvalue weighted by Gasteiger charge is 2.12. The molecule has 19 heavy (non-hydrogen) atoms. The first-order valence-electron chi connectivity index (χ1n) is 6.09. The lowest BCUT2D eigenvalue weighted by Crippen LogP contribution is -2.21. The van der Waals surface area contributed by atoms with Crippen molar-refractivity contribution in [2.45, 2.75) is 13.0 Å². The standard InChI is InChI=1S/C15H16BrFN2/c1-10-4-2-3-5-14(10)19-15(9-18)11-6-7-12(16)13(17)8-11/h2-8,15,19H,9,18H2,1H3. The minimum Gasteiger partial charge on any atom is -0.377 e. The molecule has 0 aromatic heterocycles. The smallest absolute Gasteiger partial charge is 0.137 e. The molecule has 1 unspecified atom stereocenters. The van der Waals surface area contributed by atoms with Gasteiger partial charge in [0.2, 0.25) is 0 Å². The van der Waals surface area contributed by atoms with E-state index < -0.39 is 0 Å². The molecular weight excluding hydrogens is 307 g/mol. The summed E-state index contributed by atoms with van der Waals surface area (Å²) in [5.74, 6) is -0.275. The largest absolute Gasteiger partial charge is 0.377 e. The predicted molar refractivity (Wildman–Crippen MR) is 80.7 cm³/mol. The Morgan fingerprint density at radius 1 is 1.26 bits per heavy atom. The molecule has 4 heteroatoms. The summed E-state index contributed by atoms with van der Waals surface area (Å²) in [6, 6.07) is 12.9. The first-order valence-corrected chi connectivity index (χ1v) is 6.88. The highest BCUT2D eigenvalue weighted by Crippen LogP contribution is 2.24. The number of para-hydroxylation sites is 1. The van der Waals surface area contributed by atoms with Crippen LogP contribution < -0.4 is 11.1 Å². The number of halogens is 2. The molecule has 0 aliphatic carbocycles. The van der Waals surface area contributed by atoms with E-state index in [9.17, 15) is 4.39 Å². The van der Waals surface area contributed by atoms with Gasteiger partial charge in [-0.2, -0.15) is 0 Å². The fourth-order valence-corrected chi connectivity index (χ4v) is 2.18. The fraction of sp³-hybridized carbons (Fsp3) is 0.200. The van der Waals surface area contributed by atoms with Crippen LogP contribution in [0.1, 0.15) is 17.2 Å². The fourth-order valence-electron chi connectivity index (χ4n) is 1.93. The number of nitrogens with two attached hydrogens (primary N) is 1. The van der Waals surface area contributed by atoms with Gasteiger partial charge >= 0.3 is 0 Å². The summed E-state index contributed by atoms with van der Waals surface area (Å²) in [6.45, 7) is 2.42. The molecule has 1 atom stereocenters. The summed E-state index contributed by atoms with van der Waals surface area (Å²) in [5.41, 5.74) is 8.79. The van der Waals surface area contributed by atoms with Crippen LogP contribution in [-0.2, 0) is 0 Å². The van der Waals surface area contributed by atoms with Gasteiger partial charge in [-0.05, 0) is 52.2 Å². The summed E-state index contributed by atoms with van der Waals surface area (Å²) < 4.78 is 14.0. The van der Waals surface area contributed by atoms with Crippen LogP contribution in [0.15, 0.2) is 46.9 Å². The van der Waals surface area contributed by atoms with E-state index >= 15 is 0 Å². The lowest BCUT2D eigenvalue weighted by atomic mass is 10.1. The van der Waals surface area contributed by atoms with Crippen LogP contribution in [-0.4, -0.2) is 6.54 Å². The third kappa shape index (κ3) is 3.33. The number of hydrogen-bond donors (Lipinski definition) is 2. The van der Waals surface area contributed by atoms with Crippen LogP contribution >= 0.6 is 15.9 Å². The second-order valence-corrected chi connectivity index (χ2v) is 5.28. The molecular formula is C15H16BrFN2. The summed E-state index contributed by atoms with van der Waals surface area (Å²) >= 11 is 3.15. The molecule has 2 nitrogen and oxygen atoms in total. The Hall–Kier alpha value is -1.39. The highest BCUT2D eigenvalue weighted by molar-refractivity contribution is 9.10. The predicted octanol–water partition coefficient (Wildman–Crippen LogP) is 4.01. The molecule has 0 fully saturated rings. The zero-order valence-electron chi connectivity index (χ0n) is 10.7. The number of hydrogen-bond acceptors (Lipinski definition) is 2. The van der Waals surface area contributed by atoms with Crippen LogP contribution in [0.25, 0.3) is 0 Å². The molecule has 0 spiro atoms. The van der Waals surface area contributed by atoms with Crippen LogP contribution in [0, 0.1) is 12.7 Å². The SMILES string of the molecule is Cc1ccccc1NC(CN)c1ccc(Br)c(F)c1. The molecule has 2 aromatic carbocycles. The van der Waals surface area contributed by atoms with Crippen molar-refractivity contribution in [3.63, 3.8) is 0 Å². The van der Waals surface area contributed by atoms with E-state index in [1.165, 1.54) is 6.07 Å². The van der Waals surface area contributed by atoms with Crippen molar-refractivity contribution < 1.29 is 4.39 Å². The summed E-state index contributed by atoms with van der Waals surface area (Å²) in [5, 5.41) is 3.35. The minimum atomic E-state index is -0.275. The van der Waals surface area contributed by atoms with Gasteiger partial charge in [-0.15, -0.1) is 0 Å². The maximum Gasteiger partial charge on any atom is 0.137 e. The van der Waals surface area contributed by atoms with Gasteiger partial charge in [0.25, 0.3) is 0 Å². The Labute approximate surface area is 121 Å². The Morgan fingerprint density at radius 2 is 2.00 bits per heavy atom. The third-order valence-electron chi connectivity index (χ3n) is 3.06. The van der Waals surface area contributed by atoms with Crippen molar-refractivity contribution in [1.29, 1.82) is 0 Å².